The molecule has 5 nitrogen and oxygen atoms in total. The molecule has 1 aliphatic heterocycles. The Morgan fingerprint density at radius 1 is 1.23 bits per heavy atom. The van der Waals surface area contributed by atoms with E-state index >= 15 is 0 Å². The molecule has 2 aromatic carbocycles. The summed E-state index contributed by atoms with van der Waals surface area (Å²) in [6.07, 6.45) is 1.48. The van der Waals surface area contributed by atoms with Crippen LogP contribution in [0, 0.1) is 0 Å². The smallest absolute Gasteiger partial charge is 0.387 e. The topological polar surface area (TPSA) is 67.0 Å². The number of amides is 1. The number of aromatic nitrogens is 2. The third kappa shape index (κ3) is 3.50. The predicted octanol–water partition coefficient (Wildman–Crippen LogP) is 4.21. The van der Waals surface area contributed by atoms with Crippen molar-refractivity contribution in [3.63, 3.8) is 0 Å². The Morgan fingerprint density at radius 3 is 2.92 bits per heavy atom. The van der Waals surface area contributed by atoms with Gasteiger partial charge in [0.15, 0.2) is 5.16 Å². The number of para-hydroxylation sites is 1. The van der Waals surface area contributed by atoms with Crippen molar-refractivity contribution in [1.82, 2.24) is 9.97 Å². The molecule has 3 aromatic rings. The summed E-state index contributed by atoms with van der Waals surface area (Å²) < 4.78 is 29.1. The maximum atomic E-state index is 12.5. The van der Waals surface area contributed by atoms with Gasteiger partial charge in [0.1, 0.15) is 5.75 Å². The van der Waals surface area contributed by atoms with E-state index in [0.29, 0.717) is 22.6 Å². The van der Waals surface area contributed by atoms with Crippen LogP contribution in [0.15, 0.2) is 47.6 Å². The van der Waals surface area contributed by atoms with Crippen LogP contribution in [0.4, 0.5) is 14.5 Å². The van der Waals surface area contributed by atoms with Gasteiger partial charge in [-0.25, -0.2) is 4.98 Å². The number of nitrogens with one attached hydrogen (secondary N) is 2. The molecule has 1 amide bonds. The Morgan fingerprint density at radius 2 is 2.08 bits per heavy atom. The fraction of sp³-hybridized carbons (Fsp3) is 0.222. The number of benzene rings is 2. The summed E-state index contributed by atoms with van der Waals surface area (Å²) in [5.74, 6) is -0.00233. The van der Waals surface area contributed by atoms with Gasteiger partial charge in [-0.2, -0.15) is 8.78 Å². The number of aromatic amines is 1. The highest BCUT2D eigenvalue weighted by Crippen LogP contribution is 2.32. The third-order valence-electron chi connectivity index (χ3n) is 4.15. The first-order valence-corrected chi connectivity index (χ1v) is 8.96. The van der Waals surface area contributed by atoms with E-state index in [1.54, 1.807) is 6.07 Å². The number of carbonyl (C=O) groups is 1. The molecule has 1 aromatic heterocycles. The van der Waals surface area contributed by atoms with Gasteiger partial charge in [-0.15, -0.1) is 0 Å². The number of hydrogen-bond donors (Lipinski definition) is 2. The first kappa shape index (κ1) is 16.8. The second-order valence-electron chi connectivity index (χ2n) is 5.89. The normalized spacial score (nSPS) is 17.0. The van der Waals surface area contributed by atoms with Crippen molar-refractivity contribution >= 4 is 34.4 Å². The molecule has 8 heteroatoms. The van der Waals surface area contributed by atoms with E-state index in [2.05, 4.69) is 20.0 Å². The Bertz CT molecular complexity index is 961. The largest absolute Gasteiger partial charge is 0.435 e. The van der Waals surface area contributed by atoms with Gasteiger partial charge >= 0.3 is 6.61 Å². The van der Waals surface area contributed by atoms with E-state index in [1.807, 2.05) is 24.3 Å². The number of halogens is 2. The highest BCUT2D eigenvalue weighted by Gasteiger charge is 2.25. The predicted molar refractivity (Wildman–Crippen MR) is 95.8 cm³/mol. The van der Waals surface area contributed by atoms with Crippen molar-refractivity contribution in [2.24, 2.45) is 0 Å². The Hall–Kier alpha value is -2.61. The highest BCUT2D eigenvalue weighted by atomic mass is 32.2. The number of alkyl halides is 2. The number of H-pyrrole nitrogens is 1. The fourth-order valence-electron chi connectivity index (χ4n) is 2.94. The monoisotopic (exact) mass is 375 g/mol. The van der Waals surface area contributed by atoms with Crippen LogP contribution >= 0.6 is 11.8 Å². The average molecular weight is 375 g/mol. The van der Waals surface area contributed by atoms with Crippen LogP contribution < -0.4 is 10.1 Å². The summed E-state index contributed by atoms with van der Waals surface area (Å²) in [6, 6.07) is 12.3. The van der Waals surface area contributed by atoms with Crippen LogP contribution in [-0.2, 0) is 11.2 Å². The number of hydrogen-bond acceptors (Lipinski definition) is 4. The van der Waals surface area contributed by atoms with Crippen molar-refractivity contribution < 1.29 is 18.3 Å². The summed E-state index contributed by atoms with van der Waals surface area (Å²) in [7, 11) is 0. The number of fused-ring (bicyclic) bond motifs is 2. The molecule has 26 heavy (non-hydrogen) atoms. The lowest BCUT2D eigenvalue weighted by Gasteiger charge is -2.10. The maximum absolute atomic E-state index is 12.5. The van der Waals surface area contributed by atoms with E-state index < -0.39 is 6.61 Å². The van der Waals surface area contributed by atoms with Crippen LogP contribution in [0.1, 0.15) is 12.0 Å². The molecule has 0 bridgehead atoms. The van der Waals surface area contributed by atoms with Crippen molar-refractivity contribution in [2.45, 2.75) is 29.9 Å². The van der Waals surface area contributed by atoms with E-state index in [9.17, 15) is 13.6 Å². The zero-order chi connectivity index (χ0) is 18.1. The average Bonchev–Trinajstić information content (AvgIpc) is 2.93. The molecule has 0 unspecified atom stereocenters. The lowest BCUT2D eigenvalue weighted by Crippen LogP contribution is -2.23. The second-order valence-corrected chi connectivity index (χ2v) is 7.08. The number of imidazole rings is 1. The minimum Gasteiger partial charge on any atom is -0.435 e. The second kappa shape index (κ2) is 6.95. The molecule has 1 aliphatic rings. The number of rotatable bonds is 4. The summed E-state index contributed by atoms with van der Waals surface area (Å²) in [6.45, 7) is -2.87. The van der Waals surface area contributed by atoms with Gasteiger partial charge in [0.2, 0.25) is 5.91 Å². The summed E-state index contributed by atoms with van der Waals surface area (Å²) >= 11 is 1.33. The van der Waals surface area contributed by atoms with E-state index in [0.717, 1.165) is 17.7 Å². The van der Waals surface area contributed by atoms with Gasteiger partial charge in [0.05, 0.1) is 16.3 Å². The standard InChI is InChI=1S/C18H15F2N3O2S/c19-17(20)25-11-6-7-13-14(9-11)23-18(22-13)26-15-8-5-10-3-1-2-4-12(10)21-16(15)24/h1-4,6-7,9,15,17H,5,8H2,(H,21,24)(H,22,23)/t15-/m1/s1. The number of carbonyl (C=O) groups excluding carboxylic acids is 1. The molecule has 0 aliphatic carbocycles. The molecule has 4 rings (SSSR count). The molecule has 2 N–H and O–H groups in total. The minimum absolute atomic E-state index is 0.0651. The van der Waals surface area contributed by atoms with Gasteiger partial charge < -0.3 is 15.0 Å². The van der Waals surface area contributed by atoms with Crippen LogP contribution in [0.3, 0.4) is 0 Å². The van der Waals surface area contributed by atoms with Gasteiger partial charge in [-0.05, 0) is 36.6 Å². The lowest BCUT2D eigenvalue weighted by atomic mass is 10.1. The van der Waals surface area contributed by atoms with E-state index in [-0.39, 0.29) is 16.9 Å². The van der Waals surface area contributed by atoms with Crippen LogP contribution in [0.25, 0.3) is 11.0 Å². The molecule has 0 radical (unpaired) electrons. The quantitative estimate of drug-likeness (QED) is 0.717. The zero-order valence-corrected chi connectivity index (χ0v) is 14.4. The maximum Gasteiger partial charge on any atom is 0.387 e. The first-order valence-electron chi connectivity index (χ1n) is 8.08. The van der Waals surface area contributed by atoms with Crippen molar-refractivity contribution in [1.29, 1.82) is 0 Å². The van der Waals surface area contributed by atoms with Gasteiger partial charge in [0.25, 0.3) is 0 Å². The summed E-state index contributed by atoms with van der Waals surface area (Å²) in [5.41, 5.74) is 3.18. The first-order chi connectivity index (χ1) is 12.6. The van der Waals surface area contributed by atoms with E-state index in [4.69, 9.17) is 0 Å². The molecule has 0 spiro atoms. The van der Waals surface area contributed by atoms with Crippen LogP contribution in [-0.4, -0.2) is 27.7 Å². The zero-order valence-electron chi connectivity index (χ0n) is 13.5. The van der Waals surface area contributed by atoms with E-state index in [1.165, 1.54) is 23.9 Å². The summed E-state index contributed by atoms with van der Waals surface area (Å²) in [4.78, 5) is 20.0. The Kier molecular flexibility index (Phi) is 4.50. The van der Waals surface area contributed by atoms with Crippen molar-refractivity contribution in [3.8, 4) is 5.75 Å². The van der Waals surface area contributed by atoms with Gasteiger partial charge in [-0.1, -0.05) is 30.0 Å². The highest BCUT2D eigenvalue weighted by molar-refractivity contribution is 8.00. The molecule has 2 heterocycles. The molecular formula is C18H15F2N3O2S. The molecule has 0 saturated carbocycles. The van der Waals surface area contributed by atoms with Crippen LogP contribution in [0.5, 0.6) is 5.75 Å². The fourth-order valence-corrected chi connectivity index (χ4v) is 3.93. The Balaban J connectivity index is 1.52. The summed E-state index contributed by atoms with van der Waals surface area (Å²) in [5, 5.41) is 3.23. The minimum atomic E-state index is -2.87. The van der Waals surface area contributed by atoms with Gasteiger partial charge in [0, 0.05) is 11.8 Å². The van der Waals surface area contributed by atoms with Crippen molar-refractivity contribution in [2.75, 3.05) is 5.32 Å². The molecular weight excluding hydrogens is 360 g/mol. The number of thioether (sulfide) groups is 1. The number of anilines is 1. The number of ether oxygens (including phenoxy) is 1. The van der Waals surface area contributed by atoms with Crippen molar-refractivity contribution in [3.05, 3.63) is 48.0 Å². The lowest BCUT2D eigenvalue weighted by molar-refractivity contribution is -0.115. The van der Waals surface area contributed by atoms with Crippen LogP contribution in [0.2, 0.25) is 0 Å². The number of nitrogens with zero attached hydrogens (tertiary/aromatic N) is 1. The SMILES string of the molecule is O=C1Nc2ccccc2CC[C@H]1Sc1nc2ccc(OC(F)F)cc2[nH]1. The van der Waals surface area contributed by atoms with Gasteiger partial charge in [-0.3, -0.25) is 4.79 Å². The molecule has 0 saturated heterocycles. The Labute approximate surface area is 152 Å². The number of aryl methyl sites for hydroxylation is 1. The molecule has 0 fully saturated rings. The molecule has 134 valence electrons. The third-order valence-corrected chi connectivity index (χ3v) is 5.31. The molecule has 1 atom stereocenters.